The van der Waals surface area contributed by atoms with Gasteiger partial charge >= 0.3 is 6.18 Å². The third kappa shape index (κ3) is 7.56. The smallest absolute Gasteiger partial charge is 0.352 e. The van der Waals surface area contributed by atoms with E-state index in [4.69, 9.17) is 0 Å². The zero-order chi connectivity index (χ0) is 20.7. The van der Waals surface area contributed by atoms with Crippen LogP contribution in [0.4, 0.5) is 13.2 Å². The molecular formula is C20H24F3IN4O. The van der Waals surface area contributed by atoms with Crippen LogP contribution in [0.25, 0.3) is 0 Å². The highest BCUT2D eigenvalue weighted by Crippen LogP contribution is 2.29. The minimum Gasteiger partial charge on any atom is -0.352 e. The maximum absolute atomic E-state index is 12.6. The summed E-state index contributed by atoms with van der Waals surface area (Å²) < 4.78 is 37.8. The minimum absolute atomic E-state index is 0. The van der Waals surface area contributed by atoms with Gasteiger partial charge in [-0.05, 0) is 35.4 Å². The van der Waals surface area contributed by atoms with Crippen molar-refractivity contribution in [3.8, 4) is 0 Å². The lowest BCUT2D eigenvalue weighted by atomic mass is 10.1. The van der Waals surface area contributed by atoms with E-state index in [9.17, 15) is 18.0 Å². The van der Waals surface area contributed by atoms with Gasteiger partial charge in [0.2, 0.25) is 0 Å². The number of carbonyl (C=O) groups is 1. The first-order valence-electron chi connectivity index (χ1n) is 8.62. The van der Waals surface area contributed by atoms with Crippen molar-refractivity contribution in [2.24, 2.45) is 4.99 Å². The monoisotopic (exact) mass is 520 g/mol. The highest BCUT2D eigenvalue weighted by molar-refractivity contribution is 14.0. The van der Waals surface area contributed by atoms with Crippen LogP contribution in [0.5, 0.6) is 0 Å². The summed E-state index contributed by atoms with van der Waals surface area (Å²) in [6.45, 7) is 0.831. The molecule has 0 spiro atoms. The molecule has 0 fully saturated rings. The molecule has 2 N–H and O–H groups in total. The fraction of sp³-hybridized carbons (Fsp3) is 0.300. The third-order valence-electron chi connectivity index (χ3n) is 4.03. The SMILES string of the molecule is CN=C(NCc1ccc(C(=O)N(C)C)cc1)NCc1ccc(C(F)(F)F)cc1.I. The summed E-state index contributed by atoms with van der Waals surface area (Å²) in [4.78, 5) is 17.5. The number of aliphatic imine (C=N–C) groups is 1. The van der Waals surface area contributed by atoms with Crippen LogP contribution in [0.15, 0.2) is 53.5 Å². The van der Waals surface area contributed by atoms with Crippen LogP contribution in [-0.4, -0.2) is 37.9 Å². The van der Waals surface area contributed by atoms with Gasteiger partial charge in [-0.25, -0.2) is 0 Å². The number of rotatable bonds is 5. The highest BCUT2D eigenvalue weighted by Gasteiger charge is 2.29. The van der Waals surface area contributed by atoms with Gasteiger partial charge in [0.25, 0.3) is 5.91 Å². The Morgan fingerprint density at radius 1 is 0.931 bits per heavy atom. The van der Waals surface area contributed by atoms with Crippen molar-refractivity contribution >= 4 is 35.8 Å². The van der Waals surface area contributed by atoms with Crippen LogP contribution in [0, 0.1) is 0 Å². The molecule has 0 heterocycles. The Morgan fingerprint density at radius 3 is 1.76 bits per heavy atom. The van der Waals surface area contributed by atoms with E-state index in [1.807, 2.05) is 12.1 Å². The average molecular weight is 520 g/mol. The van der Waals surface area contributed by atoms with Crippen molar-refractivity contribution in [1.82, 2.24) is 15.5 Å². The number of alkyl halides is 3. The number of hydrogen-bond acceptors (Lipinski definition) is 2. The molecule has 2 aromatic rings. The first-order valence-corrected chi connectivity index (χ1v) is 8.62. The summed E-state index contributed by atoms with van der Waals surface area (Å²) in [6.07, 6.45) is -4.34. The van der Waals surface area contributed by atoms with E-state index in [0.29, 0.717) is 30.2 Å². The number of nitrogens with one attached hydrogen (secondary N) is 2. The largest absolute Gasteiger partial charge is 0.416 e. The molecule has 29 heavy (non-hydrogen) atoms. The summed E-state index contributed by atoms with van der Waals surface area (Å²) in [6, 6.07) is 12.2. The van der Waals surface area contributed by atoms with Gasteiger partial charge in [0.1, 0.15) is 0 Å². The molecule has 2 aromatic carbocycles. The topological polar surface area (TPSA) is 56.7 Å². The zero-order valence-electron chi connectivity index (χ0n) is 16.4. The molecule has 0 unspecified atom stereocenters. The molecule has 0 aliphatic carbocycles. The number of hydrogen-bond donors (Lipinski definition) is 2. The van der Waals surface area contributed by atoms with Crippen molar-refractivity contribution in [3.63, 3.8) is 0 Å². The van der Waals surface area contributed by atoms with Crippen LogP contribution in [0.1, 0.15) is 27.0 Å². The van der Waals surface area contributed by atoms with Gasteiger partial charge < -0.3 is 15.5 Å². The fourth-order valence-electron chi connectivity index (χ4n) is 2.43. The van der Waals surface area contributed by atoms with Crippen molar-refractivity contribution in [1.29, 1.82) is 0 Å². The summed E-state index contributed by atoms with van der Waals surface area (Å²) in [5.74, 6) is 0.460. The fourth-order valence-corrected chi connectivity index (χ4v) is 2.43. The Morgan fingerprint density at radius 2 is 1.38 bits per heavy atom. The Kier molecular flexibility index (Phi) is 9.41. The molecule has 0 aliphatic rings. The molecule has 0 aliphatic heterocycles. The molecule has 0 atom stereocenters. The van der Waals surface area contributed by atoms with Gasteiger partial charge in [-0.1, -0.05) is 24.3 Å². The first kappa shape index (κ1) is 24.7. The second-order valence-electron chi connectivity index (χ2n) is 6.37. The number of halogens is 4. The van der Waals surface area contributed by atoms with Crippen molar-refractivity contribution < 1.29 is 18.0 Å². The highest BCUT2D eigenvalue weighted by atomic mass is 127. The van der Waals surface area contributed by atoms with E-state index in [1.165, 1.54) is 17.0 Å². The first-order chi connectivity index (χ1) is 13.2. The van der Waals surface area contributed by atoms with Crippen molar-refractivity contribution in [2.45, 2.75) is 19.3 Å². The normalized spacial score (nSPS) is 11.4. The molecule has 0 aromatic heterocycles. The maximum atomic E-state index is 12.6. The third-order valence-corrected chi connectivity index (χ3v) is 4.03. The number of amides is 1. The number of guanidine groups is 1. The molecule has 0 saturated carbocycles. The molecule has 0 bridgehead atoms. The molecule has 0 radical (unpaired) electrons. The van der Waals surface area contributed by atoms with Gasteiger partial charge in [0.15, 0.2) is 5.96 Å². The average Bonchev–Trinajstić information content (AvgIpc) is 2.67. The molecule has 9 heteroatoms. The van der Waals surface area contributed by atoms with E-state index in [-0.39, 0.29) is 29.9 Å². The molecule has 0 saturated heterocycles. The predicted octanol–water partition coefficient (Wildman–Crippen LogP) is 3.89. The van der Waals surface area contributed by atoms with Crippen LogP contribution in [0.2, 0.25) is 0 Å². The van der Waals surface area contributed by atoms with E-state index >= 15 is 0 Å². The Bertz CT molecular complexity index is 819. The maximum Gasteiger partial charge on any atom is 0.416 e. The predicted molar refractivity (Wildman–Crippen MR) is 118 cm³/mol. The standard InChI is InChI=1S/C20H23F3N4O.HI/c1-24-19(26-13-15-6-10-17(11-7-15)20(21,22)23)25-12-14-4-8-16(9-5-14)18(28)27(2)3;/h4-11H,12-13H2,1-3H3,(H2,24,25,26);1H. The molecular weight excluding hydrogens is 496 g/mol. The zero-order valence-corrected chi connectivity index (χ0v) is 18.7. The molecule has 158 valence electrons. The van der Waals surface area contributed by atoms with Crippen LogP contribution in [-0.2, 0) is 19.3 Å². The Hall–Kier alpha value is -2.30. The minimum atomic E-state index is -4.34. The van der Waals surface area contributed by atoms with Gasteiger partial charge in [-0.15, -0.1) is 24.0 Å². The molecule has 1 amide bonds. The lowest BCUT2D eigenvalue weighted by Crippen LogP contribution is -2.36. The van der Waals surface area contributed by atoms with Crippen LogP contribution in [0.3, 0.4) is 0 Å². The Labute approximate surface area is 185 Å². The van der Waals surface area contributed by atoms with Crippen molar-refractivity contribution in [3.05, 3.63) is 70.8 Å². The van der Waals surface area contributed by atoms with E-state index < -0.39 is 11.7 Å². The number of carbonyl (C=O) groups excluding carboxylic acids is 1. The number of nitrogens with zero attached hydrogens (tertiary/aromatic N) is 2. The van der Waals surface area contributed by atoms with Crippen LogP contribution >= 0.6 is 24.0 Å². The van der Waals surface area contributed by atoms with Gasteiger partial charge in [-0.3, -0.25) is 9.79 Å². The molecule has 2 rings (SSSR count). The summed E-state index contributed by atoms with van der Waals surface area (Å²) in [5, 5.41) is 6.18. The Balaban J connectivity index is 0.00000420. The second-order valence-corrected chi connectivity index (χ2v) is 6.37. The molecule has 5 nitrogen and oxygen atoms in total. The lowest BCUT2D eigenvalue weighted by Gasteiger charge is -2.13. The quantitative estimate of drug-likeness (QED) is 0.358. The summed E-state index contributed by atoms with van der Waals surface area (Å²) in [5.41, 5.74) is 1.61. The lowest BCUT2D eigenvalue weighted by molar-refractivity contribution is -0.137. The van der Waals surface area contributed by atoms with E-state index in [0.717, 1.165) is 17.7 Å². The second kappa shape index (κ2) is 11.0. The van der Waals surface area contributed by atoms with Gasteiger partial charge in [-0.2, -0.15) is 13.2 Å². The number of benzene rings is 2. The summed E-state index contributed by atoms with van der Waals surface area (Å²) in [7, 11) is 5.01. The van der Waals surface area contributed by atoms with Gasteiger partial charge in [0.05, 0.1) is 5.56 Å². The van der Waals surface area contributed by atoms with E-state index in [2.05, 4.69) is 15.6 Å². The van der Waals surface area contributed by atoms with Crippen molar-refractivity contribution in [2.75, 3.05) is 21.1 Å². The van der Waals surface area contributed by atoms with E-state index in [1.54, 1.807) is 33.3 Å². The van der Waals surface area contributed by atoms with Gasteiger partial charge in [0, 0.05) is 39.8 Å². The van der Waals surface area contributed by atoms with Crippen LogP contribution < -0.4 is 10.6 Å². The summed E-state index contributed by atoms with van der Waals surface area (Å²) >= 11 is 0.